The molecule has 27 heavy (non-hydrogen) atoms. The number of para-hydroxylation sites is 1. The lowest BCUT2D eigenvalue weighted by Crippen LogP contribution is -2.49. The van der Waals surface area contributed by atoms with Crippen molar-refractivity contribution in [1.29, 1.82) is 0 Å². The molecule has 8 nitrogen and oxygen atoms in total. The molecule has 0 aliphatic carbocycles. The third-order valence-electron chi connectivity index (χ3n) is 4.53. The highest BCUT2D eigenvalue weighted by atomic mass is 32.2. The number of carbonyl (C=O) groups is 2. The largest absolute Gasteiger partial charge is 0.466 e. The van der Waals surface area contributed by atoms with E-state index in [0.29, 0.717) is 38.2 Å². The second-order valence-electron chi connectivity index (χ2n) is 6.54. The van der Waals surface area contributed by atoms with E-state index in [0.717, 1.165) is 8.61 Å². The summed E-state index contributed by atoms with van der Waals surface area (Å²) in [6.07, 6.45) is 1.05. The molecule has 0 N–H and O–H groups in total. The Hall–Kier alpha value is -2.13. The summed E-state index contributed by atoms with van der Waals surface area (Å²) in [7, 11) is -0.950. The van der Waals surface area contributed by atoms with Crippen molar-refractivity contribution in [1.82, 2.24) is 9.21 Å². The predicted octanol–water partition coefficient (Wildman–Crippen LogP) is 1.10. The van der Waals surface area contributed by atoms with Crippen molar-refractivity contribution < 1.29 is 22.7 Å². The van der Waals surface area contributed by atoms with Crippen LogP contribution in [-0.4, -0.2) is 69.8 Å². The molecule has 9 heteroatoms. The Morgan fingerprint density at radius 2 is 1.74 bits per heavy atom. The molecule has 2 rings (SSSR count). The van der Waals surface area contributed by atoms with E-state index in [2.05, 4.69) is 0 Å². The van der Waals surface area contributed by atoms with Crippen molar-refractivity contribution in [2.24, 2.45) is 5.92 Å². The summed E-state index contributed by atoms with van der Waals surface area (Å²) >= 11 is 0. The van der Waals surface area contributed by atoms with Gasteiger partial charge in [-0.2, -0.15) is 12.7 Å². The van der Waals surface area contributed by atoms with Gasteiger partial charge in [0.2, 0.25) is 5.91 Å². The first-order valence-electron chi connectivity index (χ1n) is 8.97. The number of piperidine rings is 1. The number of hydrogen-bond acceptors (Lipinski definition) is 5. The lowest BCUT2D eigenvalue weighted by Gasteiger charge is -2.33. The molecule has 0 spiro atoms. The molecule has 0 bridgehead atoms. The molecule has 1 aliphatic heterocycles. The lowest BCUT2D eigenvalue weighted by molar-refractivity contribution is -0.151. The molecule has 0 radical (unpaired) electrons. The molecule has 1 saturated heterocycles. The third-order valence-corrected chi connectivity index (χ3v) is 6.35. The maximum absolute atomic E-state index is 12.7. The van der Waals surface area contributed by atoms with Crippen LogP contribution in [0.15, 0.2) is 30.3 Å². The van der Waals surface area contributed by atoms with Crippen LogP contribution in [0.4, 0.5) is 5.69 Å². The van der Waals surface area contributed by atoms with Crippen LogP contribution in [0.5, 0.6) is 0 Å². The molecule has 150 valence electrons. The fourth-order valence-corrected chi connectivity index (χ4v) is 4.00. The zero-order valence-electron chi connectivity index (χ0n) is 16.0. The lowest BCUT2D eigenvalue weighted by atomic mass is 9.97. The molecule has 0 aromatic heterocycles. The minimum Gasteiger partial charge on any atom is -0.466 e. The predicted molar refractivity (Wildman–Crippen MR) is 102 cm³/mol. The zero-order valence-corrected chi connectivity index (χ0v) is 16.8. The minimum absolute atomic E-state index is 0.204. The van der Waals surface area contributed by atoms with Crippen molar-refractivity contribution >= 4 is 27.8 Å². The summed E-state index contributed by atoms with van der Waals surface area (Å²) in [6.45, 7) is 2.64. The van der Waals surface area contributed by atoms with Crippen molar-refractivity contribution in [2.75, 3.05) is 44.6 Å². The van der Waals surface area contributed by atoms with Gasteiger partial charge in [-0.25, -0.2) is 4.31 Å². The van der Waals surface area contributed by atoms with Gasteiger partial charge in [0.05, 0.1) is 18.2 Å². The number of ether oxygens (including phenoxy) is 1. The van der Waals surface area contributed by atoms with Gasteiger partial charge in [0, 0.05) is 27.2 Å². The normalized spacial score (nSPS) is 15.6. The van der Waals surface area contributed by atoms with Crippen molar-refractivity contribution in [3.05, 3.63) is 30.3 Å². The van der Waals surface area contributed by atoms with Crippen LogP contribution in [0, 0.1) is 5.92 Å². The number of hydrogen-bond donors (Lipinski definition) is 0. The van der Waals surface area contributed by atoms with Crippen molar-refractivity contribution in [2.45, 2.75) is 19.8 Å². The maximum Gasteiger partial charge on any atom is 0.309 e. The molecular weight excluding hydrogens is 370 g/mol. The number of anilines is 1. The molecule has 1 amide bonds. The number of nitrogens with zero attached hydrogens (tertiary/aromatic N) is 3. The van der Waals surface area contributed by atoms with E-state index < -0.39 is 10.2 Å². The minimum atomic E-state index is -3.81. The molecule has 0 saturated carbocycles. The highest BCUT2D eigenvalue weighted by Gasteiger charge is 2.32. The zero-order chi connectivity index (χ0) is 20.0. The Bertz CT molecular complexity index is 744. The van der Waals surface area contributed by atoms with Gasteiger partial charge in [-0.15, -0.1) is 0 Å². The highest BCUT2D eigenvalue weighted by molar-refractivity contribution is 7.90. The molecule has 1 fully saturated rings. The van der Waals surface area contributed by atoms with Crippen LogP contribution in [0.25, 0.3) is 0 Å². The fraction of sp³-hybridized carbons (Fsp3) is 0.556. The Morgan fingerprint density at radius 3 is 2.26 bits per heavy atom. The monoisotopic (exact) mass is 397 g/mol. The van der Waals surface area contributed by atoms with E-state index in [9.17, 15) is 18.0 Å². The Kier molecular flexibility index (Phi) is 7.20. The average molecular weight is 397 g/mol. The smallest absolute Gasteiger partial charge is 0.309 e. The van der Waals surface area contributed by atoms with Gasteiger partial charge < -0.3 is 9.64 Å². The second-order valence-corrected chi connectivity index (χ2v) is 8.61. The number of carbonyl (C=O) groups excluding carboxylic acids is 2. The van der Waals surface area contributed by atoms with Crippen molar-refractivity contribution in [3.8, 4) is 0 Å². The van der Waals surface area contributed by atoms with Crippen LogP contribution < -0.4 is 4.31 Å². The third kappa shape index (κ3) is 5.20. The topological polar surface area (TPSA) is 87.2 Å². The Labute approximate surface area is 160 Å². The molecule has 1 heterocycles. The van der Waals surface area contributed by atoms with E-state index in [4.69, 9.17) is 4.74 Å². The van der Waals surface area contributed by atoms with Gasteiger partial charge in [0.15, 0.2) is 0 Å². The van der Waals surface area contributed by atoms with E-state index in [-0.39, 0.29) is 24.3 Å². The van der Waals surface area contributed by atoms with Gasteiger partial charge in [0.1, 0.15) is 6.54 Å². The molecular formula is C18H27N3O5S. The summed E-state index contributed by atoms with van der Waals surface area (Å²) in [5.41, 5.74) is 0.431. The maximum atomic E-state index is 12.7. The van der Waals surface area contributed by atoms with Crippen LogP contribution in [0.2, 0.25) is 0 Å². The summed E-state index contributed by atoms with van der Waals surface area (Å²) in [4.78, 5) is 26.2. The van der Waals surface area contributed by atoms with Gasteiger partial charge in [-0.1, -0.05) is 18.2 Å². The standard InChI is InChI=1S/C18H27N3O5S/c1-4-26-18(23)15-10-12-20(13-11-15)17(22)14-21(27(24,25)19(2)3)16-8-6-5-7-9-16/h5-9,15H,4,10-14H2,1-3H3. The first-order valence-corrected chi connectivity index (χ1v) is 10.4. The molecule has 0 unspecified atom stereocenters. The number of benzene rings is 1. The SMILES string of the molecule is CCOC(=O)C1CCN(C(=O)CN(c2ccccc2)S(=O)(=O)N(C)C)CC1. The molecule has 1 aromatic carbocycles. The number of likely N-dealkylation sites (tertiary alicyclic amines) is 1. The van der Waals surface area contributed by atoms with Gasteiger partial charge >= 0.3 is 16.2 Å². The number of amides is 1. The van der Waals surface area contributed by atoms with E-state index in [1.165, 1.54) is 14.1 Å². The first-order chi connectivity index (χ1) is 12.8. The summed E-state index contributed by atoms with van der Waals surface area (Å²) in [5.74, 6) is -0.720. The van der Waals surface area contributed by atoms with E-state index in [1.54, 1.807) is 42.2 Å². The Balaban J connectivity index is 2.08. The fourth-order valence-electron chi connectivity index (χ4n) is 2.94. The average Bonchev–Trinajstić information content (AvgIpc) is 2.66. The van der Waals surface area contributed by atoms with Gasteiger partial charge in [-0.3, -0.25) is 9.59 Å². The number of esters is 1. The Morgan fingerprint density at radius 1 is 1.15 bits per heavy atom. The van der Waals surface area contributed by atoms with Crippen LogP contribution in [0.1, 0.15) is 19.8 Å². The van der Waals surface area contributed by atoms with Crippen LogP contribution >= 0.6 is 0 Å². The molecule has 1 aliphatic rings. The van der Waals surface area contributed by atoms with Gasteiger partial charge in [-0.05, 0) is 31.9 Å². The molecule has 1 aromatic rings. The van der Waals surface area contributed by atoms with Gasteiger partial charge in [0.25, 0.3) is 0 Å². The molecule has 0 atom stereocenters. The highest BCUT2D eigenvalue weighted by Crippen LogP contribution is 2.22. The summed E-state index contributed by atoms with van der Waals surface area (Å²) in [6, 6.07) is 8.54. The van der Waals surface area contributed by atoms with Crippen LogP contribution in [-0.2, 0) is 24.5 Å². The van der Waals surface area contributed by atoms with E-state index in [1.807, 2.05) is 0 Å². The van der Waals surface area contributed by atoms with Crippen molar-refractivity contribution in [3.63, 3.8) is 0 Å². The quantitative estimate of drug-likeness (QED) is 0.643. The first kappa shape index (κ1) is 21.2. The van der Waals surface area contributed by atoms with Crippen LogP contribution in [0.3, 0.4) is 0 Å². The summed E-state index contributed by atoms with van der Waals surface area (Å²) < 4.78 is 32.6. The summed E-state index contributed by atoms with van der Waals surface area (Å²) in [5, 5.41) is 0. The second kappa shape index (κ2) is 9.18. The van der Waals surface area contributed by atoms with E-state index >= 15 is 0 Å². The number of rotatable bonds is 7.